The largest absolute Gasteiger partial charge is 0.490 e. The number of hydrogen-bond donors (Lipinski definition) is 2. The molecule has 172 valence electrons. The Morgan fingerprint density at radius 2 is 1.85 bits per heavy atom. The Kier molecular flexibility index (Phi) is 5.90. The second kappa shape index (κ2) is 8.53. The van der Waals surface area contributed by atoms with E-state index < -0.39 is 29.4 Å². The summed E-state index contributed by atoms with van der Waals surface area (Å²) in [4.78, 5) is 12.2. The predicted molar refractivity (Wildman–Crippen MR) is 114 cm³/mol. The van der Waals surface area contributed by atoms with Crippen LogP contribution >= 0.6 is 0 Å². The molecule has 0 radical (unpaired) electrons. The number of benzene rings is 3. The fourth-order valence-corrected chi connectivity index (χ4v) is 3.97. The van der Waals surface area contributed by atoms with Gasteiger partial charge in [0.2, 0.25) is 0 Å². The van der Waals surface area contributed by atoms with Gasteiger partial charge in [-0.1, -0.05) is 42.5 Å². The minimum atomic E-state index is -4.60. The summed E-state index contributed by atoms with van der Waals surface area (Å²) in [7, 11) is 1.14. The highest BCUT2D eigenvalue weighted by atomic mass is 19.4. The van der Waals surface area contributed by atoms with Crippen molar-refractivity contribution in [1.82, 2.24) is 0 Å². The standard InChI is InChI=1S/C25H21F3O5/c1-32-23(30)18-10-8-17(25(26,27)28)12-20(18)16-7-9-19-21(11-16)33-14-24(31,22(19)29)13-15-5-3-2-4-6-15/h2-12,22,29,31H,13-14H2,1H3. The Morgan fingerprint density at radius 3 is 2.52 bits per heavy atom. The fourth-order valence-electron chi connectivity index (χ4n) is 3.97. The second-order valence-electron chi connectivity index (χ2n) is 7.96. The van der Waals surface area contributed by atoms with Gasteiger partial charge in [-0.3, -0.25) is 0 Å². The van der Waals surface area contributed by atoms with Gasteiger partial charge < -0.3 is 19.7 Å². The average Bonchev–Trinajstić information content (AvgIpc) is 2.80. The molecule has 3 aromatic carbocycles. The summed E-state index contributed by atoms with van der Waals surface area (Å²) in [5.41, 5.74) is -1.13. The number of hydrogen-bond acceptors (Lipinski definition) is 5. The maximum Gasteiger partial charge on any atom is 0.416 e. The quantitative estimate of drug-likeness (QED) is 0.561. The molecule has 0 saturated carbocycles. The van der Waals surface area contributed by atoms with E-state index in [1.54, 1.807) is 0 Å². The highest BCUT2D eigenvalue weighted by Gasteiger charge is 2.43. The smallest absolute Gasteiger partial charge is 0.416 e. The third kappa shape index (κ3) is 4.44. The molecular weight excluding hydrogens is 437 g/mol. The third-order valence-electron chi connectivity index (χ3n) is 5.71. The maximum atomic E-state index is 13.3. The van der Waals surface area contributed by atoms with Gasteiger partial charge >= 0.3 is 12.1 Å². The molecule has 2 N–H and O–H groups in total. The zero-order valence-corrected chi connectivity index (χ0v) is 17.6. The van der Waals surface area contributed by atoms with Crippen LogP contribution in [0, 0.1) is 0 Å². The van der Waals surface area contributed by atoms with Crippen molar-refractivity contribution in [3.63, 3.8) is 0 Å². The number of methoxy groups -OCH3 is 1. The zero-order valence-electron chi connectivity index (χ0n) is 17.6. The summed E-state index contributed by atoms with van der Waals surface area (Å²) < 4.78 is 50.3. The maximum absolute atomic E-state index is 13.3. The molecule has 0 spiro atoms. The minimum absolute atomic E-state index is 0.0164. The molecule has 4 rings (SSSR count). The SMILES string of the molecule is COC(=O)c1ccc(C(F)(F)F)cc1-c1ccc2c(c1)OCC(O)(Cc1ccccc1)C2O. The first-order valence-corrected chi connectivity index (χ1v) is 10.1. The number of esters is 1. The van der Waals surface area contributed by atoms with Crippen LogP contribution in [0.1, 0.15) is 33.2 Å². The normalized spacial score (nSPS) is 20.0. The first-order valence-electron chi connectivity index (χ1n) is 10.1. The van der Waals surface area contributed by atoms with Crippen LogP contribution in [0.5, 0.6) is 5.75 Å². The van der Waals surface area contributed by atoms with Crippen LogP contribution in [-0.4, -0.2) is 35.5 Å². The van der Waals surface area contributed by atoms with Gasteiger partial charge in [-0.05, 0) is 41.0 Å². The highest BCUT2D eigenvalue weighted by Crippen LogP contribution is 2.42. The number of aliphatic hydroxyl groups excluding tert-OH is 1. The Bertz CT molecular complexity index is 1180. The van der Waals surface area contributed by atoms with Crippen molar-refractivity contribution >= 4 is 5.97 Å². The van der Waals surface area contributed by atoms with Crippen molar-refractivity contribution in [3.8, 4) is 16.9 Å². The predicted octanol–water partition coefficient (Wildman–Crippen LogP) is 4.56. The van der Waals surface area contributed by atoms with E-state index in [0.717, 1.165) is 30.9 Å². The minimum Gasteiger partial charge on any atom is -0.490 e. The highest BCUT2D eigenvalue weighted by molar-refractivity contribution is 5.97. The van der Waals surface area contributed by atoms with E-state index in [9.17, 15) is 28.2 Å². The number of carbonyl (C=O) groups excluding carboxylic acids is 1. The van der Waals surface area contributed by atoms with E-state index in [2.05, 4.69) is 0 Å². The van der Waals surface area contributed by atoms with Crippen LogP contribution in [0.4, 0.5) is 13.2 Å². The van der Waals surface area contributed by atoms with E-state index >= 15 is 0 Å². The summed E-state index contributed by atoms with van der Waals surface area (Å²) in [5, 5.41) is 21.9. The van der Waals surface area contributed by atoms with Gasteiger partial charge in [-0.25, -0.2) is 4.79 Å². The van der Waals surface area contributed by atoms with Crippen LogP contribution < -0.4 is 4.74 Å². The van der Waals surface area contributed by atoms with E-state index in [-0.39, 0.29) is 35.5 Å². The Balaban J connectivity index is 1.72. The summed E-state index contributed by atoms with van der Waals surface area (Å²) in [6.07, 6.45) is -5.73. The van der Waals surface area contributed by atoms with E-state index in [1.807, 2.05) is 30.3 Å². The lowest BCUT2D eigenvalue weighted by Crippen LogP contribution is -2.47. The molecule has 1 heterocycles. The van der Waals surface area contributed by atoms with Crippen molar-refractivity contribution in [2.45, 2.75) is 24.3 Å². The van der Waals surface area contributed by atoms with Crippen LogP contribution in [-0.2, 0) is 17.3 Å². The van der Waals surface area contributed by atoms with Crippen molar-refractivity contribution in [3.05, 3.63) is 89.0 Å². The van der Waals surface area contributed by atoms with Crippen LogP contribution in [0.2, 0.25) is 0 Å². The monoisotopic (exact) mass is 458 g/mol. The van der Waals surface area contributed by atoms with Gasteiger partial charge in [0.1, 0.15) is 24.1 Å². The molecule has 0 amide bonds. The zero-order chi connectivity index (χ0) is 23.8. The van der Waals surface area contributed by atoms with Crippen molar-refractivity contribution in [1.29, 1.82) is 0 Å². The van der Waals surface area contributed by atoms with Gasteiger partial charge in [0.15, 0.2) is 0 Å². The molecule has 0 bridgehead atoms. The number of rotatable bonds is 4. The summed E-state index contributed by atoms with van der Waals surface area (Å²) in [6.45, 7) is -0.216. The fraction of sp³-hybridized carbons (Fsp3) is 0.240. The second-order valence-corrected chi connectivity index (χ2v) is 7.96. The molecule has 2 unspecified atom stereocenters. The Morgan fingerprint density at radius 1 is 1.12 bits per heavy atom. The molecule has 1 aliphatic rings. The molecule has 8 heteroatoms. The lowest BCUT2D eigenvalue weighted by atomic mass is 9.83. The van der Waals surface area contributed by atoms with Crippen molar-refractivity contribution in [2.24, 2.45) is 0 Å². The Labute approximate surface area is 188 Å². The number of halogens is 3. The molecule has 3 aromatic rings. The Hall–Kier alpha value is -3.36. The van der Waals surface area contributed by atoms with Gasteiger partial charge in [0.25, 0.3) is 0 Å². The molecule has 0 saturated heterocycles. The lowest BCUT2D eigenvalue weighted by Gasteiger charge is -2.38. The van der Waals surface area contributed by atoms with Crippen molar-refractivity contribution < 1.29 is 37.7 Å². The van der Waals surface area contributed by atoms with Gasteiger partial charge in [0, 0.05) is 12.0 Å². The number of alkyl halides is 3. The molecule has 2 atom stereocenters. The van der Waals surface area contributed by atoms with Crippen molar-refractivity contribution in [2.75, 3.05) is 13.7 Å². The molecule has 0 aromatic heterocycles. The molecule has 33 heavy (non-hydrogen) atoms. The van der Waals surface area contributed by atoms with Gasteiger partial charge in [0.05, 0.1) is 18.2 Å². The summed E-state index contributed by atoms with van der Waals surface area (Å²) >= 11 is 0. The van der Waals surface area contributed by atoms with Crippen LogP contribution in [0.25, 0.3) is 11.1 Å². The van der Waals surface area contributed by atoms with Gasteiger partial charge in [-0.2, -0.15) is 13.2 Å². The third-order valence-corrected chi connectivity index (χ3v) is 5.71. The van der Waals surface area contributed by atoms with Gasteiger partial charge in [-0.15, -0.1) is 0 Å². The first kappa shape index (κ1) is 22.8. The first-order chi connectivity index (χ1) is 15.6. The number of aliphatic hydroxyl groups is 2. The molecule has 5 nitrogen and oxygen atoms in total. The van der Waals surface area contributed by atoms with E-state index in [4.69, 9.17) is 9.47 Å². The molecular formula is C25H21F3O5. The van der Waals surface area contributed by atoms with E-state index in [1.165, 1.54) is 18.2 Å². The van der Waals surface area contributed by atoms with Crippen LogP contribution in [0.15, 0.2) is 66.7 Å². The number of ether oxygens (including phenoxy) is 2. The molecule has 0 aliphatic carbocycles. The number of carbonyl (C=O) groups is 1. The summed E-state index contributed by atoms with van der Waals surface area (Å²) in [6, 6.07) is 16.3. The molecule has 1 aliphatic heterocycles. The van der Waals surface area contributed by atoms with E-state index in [0.29, 0.717) is 5.56 Å². The number of fused-ring (bicyclic) bond motifs is 1. The lowest BCUT2D eigenvalue weighted by molar-refractivity contribution is -0.137. The van der Waals surface area contributed by atoms with Crippen LogP contribution in [0.3, 0.4) is 0 Å². The molecule has 0 fully saturated rings. The topological polar surface area (TPSA) is 76.0 Å². The average molecular weight is 458 g/mol. The summed E-state index contributed by atoms with van der Waals surface area (Å²) in [5.74, 6) is -0.569.